The zero-order chi connectivity index (χ0) is 11.6. The number of benzene rings is 1. The van der Waals surface area contributed by atoms with Gasteiger partial charge in [0.25, 0.3) is 5.24 Å². The van der Waals surface area contributed by atoms with Crippen molar-refractivity contribution in [2.24, 2.45) is 0 Å². The number of carbonyl (C=O) groups is 1. The van der Waals surface area contributed by atoms with Crippen LogP contribution >= 0.6 is 34.8 Å². The van der Waals surface area contributed by atoms with Gasteiger partial charge in [-0.3, -0.25) is 4.79 Å². The van der Waals surface area contributed by atoms with Crippen LogP contribution in [0, 0.1) is 5.82 Å². The number of ether oxygens (including phenoxy) is 1. The molecule has 6 heteroatoms. The quantitative estimate of drug-likeness (QED) is 0.779. The molecule has 1 aromatic carbocycles. The first kappa shape index (κ1) is 12.6. The molecule has 0 heterocycles. The second kappa shape index (κ2) is 5.01. The van der Waals surface area contributed by atoms with E-state index in [4.69, 9.17) is 39.5 Å². The lowest BCUT2D eigenvalue weighted by Crippen LogP contribution is -2.01. The first-order valence-corrected chi connectivity index (χ1v) is 5.12. The van der Waals surface area contributed by atoms with Gasteiger partial charge in [0.15, 0.2) is 5.75 Å². The van der Waals surface area contributed by atoms with E-state index in [1.807, 2.05) is 0 Å². The zero-order valence-electron chi connectivity index (χ0n) is 7.61. The average molecular weight is 272 g/mol. The summed E-state index contributed by atoms with van der Waals surface area (Å²) in [6.45, 7) is 2.00. The van der Waals surface area contributed by atoms with Gasteiger partial charge >= 0.3 is 0 Å². The molecule has 0 unspecified atom stereocenters. The van der Waals surface area contributed by atoms with Gasteiger partial charge in [-0.1, -0.05) is 23.2 Å². The normalized spacial score (nSPS) is 10.2. The van der Waals surface area contributed by atoms with E-state index in [9.17, 15) is 9.18 Å². The molecular weight excluding hydrogens is 265 g/mol. The van der Waals surface area contributed by atoms with Gasteiger partial charge in [0, 0.05) is 0 Å². The molecule has 0 aliphatic heterocycles. The molecule has 1 aromatic rings. The Labute approximate surface area is 101 Å². The lowest BCUT2D eigenvalue weighted by molar-refractivity contribution is 0.107. The predicted octanol–water partition coefficient (Wildman–Crippen LogP) is 3.91. The SMILES string of the molecule is CCOc1c(Cl)cc(F)c(C(=O)Cl)c1Cl. The minimum absolute atomic E-state index is 0.000941. The Bertz CT molecular complexity index is 407. The molecule has 0 aromatic heterocycles. The molecule has 0 spiro atoms. The third-order valence-corrected chi connectivity index (χ3v) is 2.44. The van der Waals surface area contributed by atoms with E-state index >= 15 is 0 Å². The highest BCUT2D eigenvalue weighted by Gasteiger charge is 2.21. The maximum Gasteiger partial charge on any atom is 0.257 e. The van der Waals surface area contributed by atoms with Crippen LogP contribution in [0.4, 0.5) is 4.39 Å². The smallest absolute Gasteiger partial charge is 0.257 e. The van der Waals surface area contributed by atoms with Crippen molar-refractivity contribution < 1.29 is 13.9 Å². The molecule has 1 rings (SSSR count). The summed E-state index contributed by atoms with van der Waals surface area (Å²) in [5.41, 5.74) is -0.425. The first-order valence-electron chi connectivity index (χ1n) is 3.99. The highest BCUT2D eigenvalue weighted by molar-refractivity contribution is 6.69. The highest BCUT2D eigenvalue weighted by atomic mass is 35.5. The molecule has 2 nitrogen and oxygen atoms in total. The van der Waals surface area contributed by atoms with Crippen molar-refractivity contribution in [1.29, 1.82) is 0 Å². The van der Waals surface area contributed by atoms with Crippen molar-refractivity contribution in [3.63, 3.8) is 0 Å². The number of hydrogen-bond acceptors (Lipinski definition) is 2. The summed E-state index contributed by atoms with van der Waals surface area (Å²) in [5, 5.41) is -1.20. The maximum absolute atomic E-state index is 13.3. The van der Waals surface area contributed by atoms with Gasteiger partial charge in [-0.05, 0) is 24.6 Å². The molecule has 0 atom stereocenters. The summed E-state index contributed by atoms with van der Waals surface area (Å²) in [4.78, 5) is 10.9. The lowest BCUT2D eigenvalue weighted by atomic mass is 10.2. The summed E-state index contributed by atoms with van der Waals surface area (Å²) in [5.74, 6) is -0.806. The fourth-order valence-corrected chi connectivity index (χ4v) is 1.89. The van der Waals surface area contributed by atoms with Crippen LogP contribution in [0.5, 0.6) is 5.75 Å². The Balaban J connectivity index is 3.42. The maximum atomic E-state index is 13.3. The Kier molecular flexibility index (Phi) is 4.20. The van der Waals surface area contributed by atoms with Crippen molar-refractivity contribution in [2.75, 3.05) is 6.61 Å². The van der Waals surface area contributed by atoms with E-state index in [1.165, 1.54) is 0 Å². The van der Waals surface area contributed by atoms with Gasteiger partial charge in [0.05, 0.1) is 22.2 Å². The molecule has 0 radical (unpaired) electrons. The third-order valence-electron chi connectivity index (χ3n) is 1.61. The van der Waals surface area contributed by atoms with Crippen LogP contribution < -0.4 is 4.74 Å². The largest absolute Gasteiger partial charge is 0.491 e. The molecule has 82 valence electrons. The fraction of sp³-hybridized carbons (Fsp3) is 0.222. The number of rotatable bonds is 3. The van der Waals surface area contributed by atoms with E-state index in [2.05, 4.69) is 0 Å². The Morgan fingerprint density at radius 3 is 2.60 bits per heavy atom. The Hall–Kier alpha value is -0.510. The van der Waals surface area contributed by atoms with Crippen LogP contribution in [-0.4, -0.2) is 11.8 Å². The molecule has 0 fully saturated rings. The second-order valence-electron chi connectivity index (χ2n) is 2.57. The summed E-state index contributed by atoms with van der Waals surface area (Å²) >= 11 is 16.6. The molecule has 0 saturated heterocycles. The zero-order valence-corrected chi connectivity index (χ0v) is 9.88. The first-order chi connectivity index (χ1) is 6.99. The summed E-state index contributed by atoms with van der Waals surface area (Å²) in [6.07, 6.45) is 0. The number of hydrogen-bond donors (Lipinski definition) is 0. The molecular formula is C9H6Cl3FO2. The molecule has 0 saturated carbocycles. The van der Waals surface area contributed by atoms with Crippen LogP contribution in [0.25, 0.3) is 0 Å². The minimum Gasteiger partial charge on any atom is -0.491 e. The van der Waals surface area contributed by atoms with Crippen molar-refractivity contribution in [3.8, 4) is 5.75 Å². The van der Waals surface area contributed by atoms with Gasteiger partial charge in [-0.2, -0.15) is 0 Å². The molecule has 0 aliphatic carbocycles. The topological polar surface area (TPSA) is 26.3 Å². The van der Waals surface area contributed by atoms with E-state index in [1.54, 1.807) is 6.92 Å². The predicted molar refractivity (Wildman–Crippen MR) is 57.8 cm³/mol. The van der Waals surface area contributed by atoms with E-state index in [-0.39, 0.29) is 15.8 Å². The molecule has 0 bridgehead atoms. The van der Waals surface area contributed by atoms with Crippen LogP contribution in [0.1, 0.15) is 17.3 Å². The van der Waals surface area contributed by atoms with Crippen LogP contribution in [0.3, 0.4) is 0 Å². The molecule has 0 aliphatic rings. The molecule has 0 amide bonds. The van der Waals surface area contributed by atoms with Crippen LogP contribution in [0.15, 0.2) is 6.07 Å². The fourth-order valence-electron chi connectivity index (χ4n) is 1.03. The molecule has 0 N–H and O–H groups in total. The lowest BCUT2D eigenvalue weighted by Gasteiger charge is -2.10. The number of carbonyl (C=O) groups excluding carboxylic acids is 1. The Morgan fingerprint density at radius 2 is 2.13 bits per heavy atom. The van der Waals surface area contributed by atoms with E-state index in [0.717, 1.165) is 6.07 Å². The summed E-state index contributed by atoms with van der Waals surface area (Å²) in [6, 6.07) is 0.939. The second-order valence-corrected chi connectivity index (χ2v) is 3.69. The average Bonchev–Trinajstić information content (AvgIpc) is 2.11. The van der Waals surface area contributed by atoms with Gasteiger partial charge in [-0.25, -0.2) is 4.39 Å². The van der Waals surface area contributed by atoms with Crippen molar-refractivity contribution >= 4 is 40.0 Å². The van der Waals surface area contributed by atoms with Crippen LogP contribution in [-0.2, 0) is 0 Å². The van der Waals surface area contributed by atoms with Gasteiger partial charge in [0.2, 0.25) is 0 Å². The number of halogens is 4. The van der Waals surface area contributed by atoms with Crippen molar-refractivity contribution in [1.82, 2.24) is 0 Å². The van der Waals surface area contributed by atoms with Crippen molar-refractivity contribution in [2.45, 2.75) is 6.92 Å². The standard InChI is InChI=1S/C9H6Cl3FO2/c1-2-15-8-4(10)3-5(13)6(7(8)11)9(12)14/h3H,2H2,1H3. The molecule has 15 heavy (non-hydrogen) atoms. The van der Waals surface area contributed by atoms with E-state index in [0.29, 0.717) is 6.61 Å². The summed E-state index contributed by atoms with van der Waals surface area (Å²) < 4.78 is 18.3. The van der Waals surface area contributed by atoms with Crippen LogP contribution in [0.2, 0.25) is 10.0 Å². The third kappa shape index (κ3) is 2.54. The highest BCUT2D eigenvalue weighted by Crippen LogP contribution is 2.37. The minimum atomic E-state index is -0.991. The summed E-state index contributed by atoms with van der Waals surface area (Å²) in [7, 11) is 0. The van der Waals surface area contributed by atoms with Crippen molar-refractivity contribution in [3.05, 3.63) is 27.5 Å². The monoisotopic (exact) mass is 270 g/mol. The van der Waals surface area contributed by atoms with E-state index < -0.39 is 16.6 Å². The van der Waals surface area contributed by atoms with Gasteiger partial charge in [0.1, 0.15) is 5.82 Å². The van der Waals surface area contributed by atoms with Gasteiger partial charge in [-0.15, -0.1) is 0 Å². The van der Waals surface area contributed by atoms with Gasteiger partial charge < -0.3 is 4.74 Å². The Morgan fingerprint density at radius 1 is 1.53 bits per heavy atom.